The Hall–Kier alpha value is -0.170. The lowest BCUT2D eigenvalue weighted by Crippen LogP contribution is -2.47. The van der Waals surface area contributed by atoms with Gasteiger partial charge in [-0.25, -0.2) is 0 Å². The van der Waals surface area contributed by atoms with Crippen molar-refractivity contribution in [3.8, 4) is 0 Å². The summed E-state index contributed by atoms with van der Waals surface area (Å²) in [7, 11) is 2.17. The molecule has 0 unspecified atom stereocenters. The Labute approximate surface area is 123 Å². The van der Waals surface area contributed by atoms with Crippen molar-refractivity contribution in [1.82, 2.24) is 9.80 Å². The third-order valence-corrected chi connectivity index (χ3v) is 4.97. The first-order valence-electron chi connectivity index (χ1n) is 6.66. The molecule has 1 aliphatic heterocycles. The number of rotatable bonds is 5. The maximum atomic E-state index is 11.6. The fourth-order valence-electron chi connectivity index (χ4n) is 2.77. The normalized spacial score (nSPS) is 23.2. The molecule has 0 bridgehead atoms. The Morgan fingerprint density at radius 3 is 2.56 bits per heavy atom. The summed E-state index contributed by atoms with van der Waals surface area (Å²) >= 11 is 2.14. The number of amides is 1. The zero-order chi connectivity index (χ0) is 13.2. The number of likely N-dealkylation sites (tertiary alicyclic amines) is 1. The molecule has 0 aromatic rings. The molecule has 0 aromatic carbocycles. The van der Waals surface area contributed by atoms with Gasteiger partial charge in [-0.1, -0.05) is 22.6 Å². The average molecular weight is 363 g/mol. The molecule has 1 heterocycles. The summed E-state index contributed by atoms with van der Waals surface area (Å²) < 4.78 is 0.592. The second-order valence-corrected chi connectivity index (χ2v) is 6.43. The van der Waals surface area contributed by atoms with Crippen LogP contribution in [0.1, 0.15) is 25.7 Å². The third-order valence-electron chi connectivity index (χ3n) is 4.32. The lowest BCUT2D eigenvalue weighted by atomic mass is 10.0. The van der Waals surface area contributed by atoms with Crippen LogP contribution in [0.25, 0.3) is 0 Å². The van der Waals surface area contributed by atoms with Gasteiger partial charge in [-0.3, -0.25) is 4.79 Å². The van der Waals surface area contributed by atoms with Gasteiger partial charge in [0.1, 0.15) is 0 Å². The highest BCUT2D eigenvalue weighted by atomic mass is 127. The molecule has 4 nitrogen and oxygen atoms in total. The summed E-state index contributed by atoms with van der Waals surface area (Å²) in [6, 6.07) is 0.584. The molecule has 0 atom stereocenters. The van der Waals surface area contributed by atoms with E-state index in [2.05, 4.69) is 34.5 Å². The quantitative estimate of drug-likeness (QED) is 0.460. The predicted molar refractivity (Wildman–Crippen MR) is 81.6 cm³/mol. The Balaban J connectivity index is 1.78. The van der Waals surface area contributed by atoms with Crippen LogP contribution in [0.4, 0.5) is 0 Å². The summed E-state index contributed by atoms with van der Waals surface area (Å²) in [5.41, 5.74) is 0.184. The second kappa shape index (κ2) is 5.86. The second-order valence-electron chi connectivity index (χ2n) is 5.67. The number of halogens is 1. The summed E-state index contributed by atoms with van der Waals surface area (Å²) in [4.78, 5) is 16.0. The van der Waals surface area contributed by atoms with Gasteiger partial charge in [0.25, 0.3) is 0 Å². The number of nitrogens with one attached hydrogen (secondary N) is 1. The number of piperidine rings is 1. The van der Waals surface area contributed by atoms with E-state index in [9.17, 15) is 4.79 Å². The van der Waals surface area contributed by atoms with E-state index in [1.165, 1.54) is 12.8 Å². The maximum absolute atomic E-state index is 11.6. The van der Waals surface area contributed by atoms with Gasteiger partial charge in [-0.15, -0.1) is 0 Å². The molecule has 1 N–H and O–H groups in total. The summed E-state index contributed by atoms with van der Waals surface area (Å²) in [5.74, 6) is 0.273. The van der Waals surface area contributed by atoms with Crippen LogP contribution in [-0.2, 0) is 4.79 Å². The SMILES string of the molecule is CN(CC1(C=N)CC1)C1CCN(C(=O)CI)CC1. The van der Waals surface area contributed by atoms with Crippen molar-refractivity contribution in [3.63, 3.8) is 0 Å². The van der Waals surface area contributed by atoms with Crippen molar-refractivity contribution in [3.05, 3.63) is 0 Å². The van der Waals surface area contributed by atoms with Crippen LogP contribution in [0.3, 0.4) is 0 Å². The zero-order valence-electron chi connectivity index (χ0n) is 11.0. The van der Waals surface area contributed by atoms with E-state index >= 15 is 0 Å². The van der Waals surface area contributed by atoms with Gasteiger partial charge < -0.3 is 15.2 Å². The van der Waals surface area contributed by atoms with E-state index in [1.807, 2.05) is 4.90 Å². The molecule has 1 amide bonds. The minimum Gasteiger partial charge on any atom is -0.342 e. The predicted octanol–water partition coefficient (Wildman–Crippen LogP) is 1.77. The van der Waals surface area contributed by atoms with Crippen LogP contribution < -0.4 is 0 Å². The van der Waals surface area contributed by atoms with E-state index in [1.54, 1.807) is 6.21 Å². The van der Waals surface area contributed by atoms with E-state index < -0.39 is 0 Å². The van der Waals surface area contributed by atoms with Gasteiger partial charge >= 0.3 is 0 Å². The number of carbonyl (C=O) groups excluding carboxylic acids is 1. The minimum atomic E-state index is 0.184. The Morgan fingerprint density at radius 2 is 2.11 bits per heavy atom. The smallest absolute Gasteiger partial charge is 0.232 e. The molecular weight excluding hydrogens is 341 g/mol. The number of hydrogen-bond donors (Lipinski definition) is 1. The van der Waals surface area contributed by atoms with Crippen molar-refractivity contribution in [2.24, 2.45) is 5.41 Å². The van der Waals surface area contributed by atoms with Gasteiger partial charge in [0.15, 0.2) is 0 Å². The first-order valence-corrected chi connectivity index (χ1v) is 8.18. The Kier molecular flexibility index (Phi) is 4.64. The van der Waals surface area contributed by atoms with Gasteiger partial charge in [0.05, 0.1) is 4.43 Å². The largest absolute Gasteiger partial charge is 0.342 e. The number of carbonyl (C=O) groups is 1. The lowest BCUT2D eigenvalue weighted by Gasteiger charge is -2.37. The molecule has 1 saturated carbocycles. The van der Waals surface area contributed by atoms with Crippen LogP contribution in [0.5, 0.6) is 0 Å². The van der Waals surface area contributed by atoms with Crippen LogP contribution >= 0.6 is 22.6 Å². The van der Waals surface area contributed by atoms with Crippen molar-refractivity contribution < 1.29 is 4.79 Å². The molecule has 2 fully saturated rings. The van der Waals surface area contributed by atoms with Crippen molar-refractivity contribution in [2.75, 3.05) is 31.1 Å². The molecule has 0 radical (unpaired) electrons. The standard InChI is InChI=1S/C13H22IN3O/c1-16(10-13(9-15)4-5-13)11-2-6-17(7-3-11)12(18)8-14/h9,11,15H,2-8,10H2,1H3. The summed E-state index contributed by atoms with van der Waals surface area (Å²) in [6.07, 6.45) is 6.14. The van der Waals surface area contributed by atoms with Gasteiger partial charge in [-0.05, 0) is 32.7 Å². The van der Waals surface area contributed by atoms with Crippen molar-refractivity contribution >= 4 is 34.7 Å². The van der Waals surface area contributed by atoms with Crippen molar-refractivity contribution in [2.45, 2.75) is 31.7 Å². The molecule has 18 heavy (non-hydrogen) atoms. The number of nitrogens with zero attached hydrogens (tertiary/aromatic N) is 2. The zero-order valence-corrected chi connectivity index (χ0v) is 13.1. The minimum absolute atomic E-state index is 0.184. The van der Waals surface area contributed by atoms with E-state index in [4.69, 9.17) is 5.41 Å². The van der Waals surface area contributed by atoms with Gasteiger partial charge in [0.2, 0.25) is 5.91 Å². The molecule has 0 aromatic heterocycles. The number of alkyl halides is 1. The highest BCUT2D eigenvalue weighted by Gasteiger charge is 2.42. The monoisotopic (exact) mass is 363 g/mol. The fourth-order valence-corrected chi connectivity index (χ4v) is 3.26. The lowest BCUT2D eigenvalue weighted by molar-refractivity contribution is -0.129. The third kappa shape index (κ3) is 3.23. The molecule has 2 aliphatic rings. The average Bonchev–Trinajstić information content (AvgIpc) is 3.18. The first-order chi connectivity index (χ1) is 8.60. The highest BCUT2D eigenvalue weighted by Crippen LogP contribution is 2.44. The summed E-state index contributed by atoms with van der Waals surface area (Å²) in [5, 5.41) is 7.48. The maximum Gasteiger partial charge on any atom is 0.232 e. The van der Waals surface area contributed by atoms with Gasteiger partial charge in [-0.2, -0.15) is 0 Å². The van der Waals surface area contributed by atoms with Gasteiger partial charge in [0, 0.05) is 37.3 Å². The molecule has 1 aliphatic carbocycles. The Bertz CT molecular complexity index is 322. The van der Waals surface area contributed by atoms with Crippen LogP contribution in [0.2, 0.25) is 0 Å². The molecule has 1 saturated heterocycles. The van der Waals surface area contributed by atoms with E-state index in [0.717, 1.165) is 32.5 Å². The molecule has 0 spiro atoms. The van der Waals surface area contributed by atoms with Crippen LogP contribution in [0, 0.1) is 10.8 Å². The highest BCUT2D eigenvalue weighted by molar-refractivity contribution is 14.1. The van der Waals surface area contributed by atoms with Crippen molar-refractivity contribution in [1.29, 1.82) is 5.41 Å². The van der Waals surface area contributed by atoms with E-state index in [-0.39, 0.29) is 11.3 Å². The van der Waals surface area contributed by atoms with E-state index in [0.29, 0.717) is 10.5 Å². The van der Waals surface area contributed by atoms with Crippen LogP contribution in [-0.4, -0.2) is 59.1 Å². The number of hydrogen-bond acceptors (Lipinski definition) is 3. The Morgan fingerprint density at radius 1 is 1.50 bits per heavy atom. The van der Waals surface area contributed by atoms with Crippen LogP contribution in [0.15, 0.2) is 0 Å². The fraction of sp³-hybridized carbons (Fsp3) is 0.846. The molecular formula is C13H22IN3O. The molecule has 2 rings (SSSR count). The topological polar surface area (TPSA) is 47.4 Å². The molecule has 102 valence electrons. The first kappa shape index (κ1) is 14.2. The summed E-state index contributed by atoms with van der Waals surface area (Å²) in [6.45, 7) is 2.81. The molecule has 5 heteroatoms.